The Kier molecular flexibility index (Phi) is 4.61. The molecule has 1 amide bonds. The number of nitrogens with zero attached hydrogens (tertiary/aromatic N) is 2. The number of carbonyl (C=O) groups excluding carboxylic acids is 1. The molecule has 1 N–H and O–H groups in total. The second-order valence-corrected chi connectivity index (χ2v) is 4.28. The molecule has 4 heteroatoms. The monoisotopic (exact) mass is 255 g/mol. The molecule has 0 spiro atoms. The maximum Gasteiger partial charge on any atom is 0.271 e. The predicted octanol–water partition coefficient (Wildman–Crippen LogP) is 2.67. The molecule has 2 aromatic rings. The largest absolute Gasteiger partial charge is 0.351 e. The van der Waals surface area contributed by atoms with Gasteiger partial charge < -0.3 is 5.32 Å². The molecule has 0 aliphatic rings. The maximum absolute atomic E-state index is 11.8. The number of carbonyl (C=O) groups is 1. The van der Waals surface area contributed by atoms with E-state index in [1.807, 2.05) is 36.4 Å². The summed E-state index contributed by atoms with van der Waals surface area (Å²) in [4.78, 5) is 11.8. The van der Waals surface area contributed by atoms with E-state index in [0.717, 1.165) is 24.1 Å². The van der Waals surface area contributed by atoms with Crippen molar-refractivity contribution < 1.29 is 4.79 Å². The molecule has 98 valence electrons. The van der Waals surface area contributed by atoms with E-state index in [1.165, 1.54) is 0 Å². The Morgan fingerprint density at radius 1 is 1.11 bits per heavy atom. The molecule has 0 unspecified atom stereocenters. The van der Waals surface area contributed by atoms with E-state index in [9.17, 15) is 4.79 Å². The van der Waals surface area contributed by atoms with Crippen LogP contribution in [0.4, 0.5) is 0 Å². The van der Waals surface area contributed by atoms with Crippen LogP contribution in [0.3, 0.4) is 0 Å². The van der Waals surface area contributed by atoms with Gasteiger partial charge in [0, 0.05) is 12.1 Å². The topological polar surface area (TPSA) is 54.9 Å². The van der Waals surface area contributed by atoms with Crippen LogP contribution in [0.2, 0.25) is 0 Å². The molecule has 0 bridgehead atoms. The fourth-order valence-electron chi connectivity index (χ4n) is 1.69. The van der Waals surface area contributed by atoms with Crippen LogP contribution in [0.5, 0.6) is 0 Å². The molecular formula is C15H17N3O. The Morgan fingerprint density at radius 2 is 1.89 bits per heavy atom. The molecule has 0 fully saturated rings. The second kappa shape index (κ2) is 6.64. The van der Waals surface area contributed by atoms with E-state index < -0.39 is 0 Å². The Labute approximate surface area is 112 Å². The van der Waals surface area contributed by atoms with E-state index in [-0.39, 0.29) is 5.91 Å². The van der Waals surface area contributed by atoms with E-state index >= 15 is 0 Å². The third-order valence-electron chi connectivity index (χ3n) is 2.78. The zero-order valence-corrected chi connectivity index (χ0v) is 11.0. The Hall–Kier alpha value is -2.23. The molecule has 0 radical (unpaired) electrons. The van der Waals surface area contributed by atoms with Crippen molar-refractivity contribution in [2.24, 2.45) is 0 Å². The number of aromatic nitrogens is 2. The van der Waals surface area contributed by atoms with Gasteiger partial charge in [0.25, 0.3) is 5.91 Å². The molecule has 0 saturated carbocycles. The SMILES string of the molecule is CCCCNC(=O)c1ccc(-c2ccccc2)nn1. The third-order valence-corrected chi connectivity index (χ3v) is 2.78. The maximum atomic E-state index is 11.8. The van der Waals surface area contributed by atoms with Crippen molar-refractivity contribution in [3.8, 4) is 11.3 Å². The lowest BCUT2D eigenvalue weighted by atomic mass is 10.1. The molecule has 4 nitrogen and oxygen atoms in total. The molecule has 0 atom stereocenters. The van der Waals surface area contributed by atoms with E-state index in [4.69, 9.17) is 0 Å². The number of nitrogens with one attached hydrogen (secondary N) is 1. The second-order valence-electron chi connectivity index (χ2n) is 4.28. The molecule has 0 aliphatic carbocycles. The van der Waals surface area contributed by atoms with Crippen molar-refractivity contribution in [1.29, 1.82) is 0 Å². The number of amides is 1. The standard InChI is InChI=1S/C15H17N3O/c1-2-3-11-16-15(19)14-10-9-13(17-18-14)12-7-5-4-6-8-12/h4-10H,2-3,11H2,1H3,(H,16,19). The van der Waals surface area contributed by atoms with Crippen LogP contribution >= 0.6 is 0 Å². The highest BCUT2D eigenvalue weighted by atomic mass is 16.1. The summed E-state index contributed by atoms with van der Waals surface area (Å²) in [7, 11) is 0. The van der Waals surface area contributed by atoms with Gasteiger partial charge in [0.1, 0.15) is 0 Å². The van der Waals surface area contributed by atoms with Gasteiger partial charge in [-0.05, 0) is 18.6 Å². The Bertz CT molecular complexity index is 523. The predicted molar refractivity (Wildman–Crippen MR) is 74.7 cm³/mol. The summed E-state index contributed by atoms with van der Waals surface area (Å²) in [6.07, 6.45) is 2.03. The molecule has 0 aliphatic heterocycles. The van der Waals surface area contributed by atoms with Gasteiger partial charge in [0.2, 0.25) is 0 Å². The van der Waals surface area contributed by atoms with Gasteiger partial charge in [-0.3, -0.25) is 4.79 Å². The fourth-order valence-corrected chi connectivity index (χ4v) is 1.69. The summed E-state index contributed by atoms with van der Waals surface area (Å²) in [5, 5.41) is 10.9. The van der Waals surface area contributed by atoms with Crippen LogP contribution in [0, 0.1) is 0 Å². The first kappa shape index (κ1) is 13.2. The molecule has 19 heavy (non-hydrogen) atoms. The molecule has 1 aromatic carbocycles. The summed E-state index contributed by atoms with van der Waals surface area (Å²) in [6.45, 7) is 2.76. The zero-order chi connectivity index (χ0) is 13.5. The Morgan fingerprint density at radius 3 is 2.53 bits per heavy atom. The van der Waals surface area contributed by atoms with Crippen molar-refractivity contribution in [1.82, 2.24) is 15.5 Å². The molecule has 1 heterocycles. The number of rotatable bonds is 5. The van der Waals surface area contributed by atoms with Crippen LogP contribution < -0.4 is 5.32 Å². The average molecular weight is 255 g/mol. The van der Waals surface area contributed by atoms with E-state index in [2.05, 4.69) is 22.4 Å². The highest BCUT2D eigenvalue weighted by molar-refractivity contribution is 5.92. The lowest BCUT2D eigenvalue weighted by molar-refractivity contribution is 0.0947. The zero-order valence-electron chi connectivity index (χ0n) is 11.0. The summed E-state index contributed by atoms with van der Waals surface area (Å²) in [5.41, 5.74) is 2.12. The van der Waals surface area contributed by atoms with Crippen LogP contribution in [-0.2, 0) is 0 Å². The van der Waals surface area contributed by atoms with Crippen LogP contribution in [0.15, 0.2) is 42.5 Å². The number of hydrogen-bond donors (Lipinski definition) is 1. The highest BCUT2D eigenvalue weighted by Crippen LogP contribution is 2.14. The first-order valence-electron chi connectivity index (χ1n) is 6.48. The fraction of sp³-hybridized carbons (Fsp3) is 0.267. The van der Waals surface area contributed by atoms with Gasteiger partial charge in [-0.1, -0.05) is 43.7 Å². The quantitative estimate of drug-likeness (QED) is 0.836. The number of unbranched alkanes of at least 4 members (excludes halogenated alkanes) is 1. The van der Waals surface area contributed by atoms with E-state index in [1.54, 1.807) is 6.07 Å². The van der Waals surface area contributed by atoms with Crippen molar-refractivity contribution >= 4 is 5.91 Å². The van der Waals surface area contributed by atoms with Gasteiger partial charge >= 0.3 is 0 Å². The van der Waals surface area contributed by atoms with Crippen LogP contribution in [-0.4, -0.2) is 22.6 Å². The van der Waals surface area contributed by atoms with Crippen molar-refractivity contribution in [2.75, 3.05) is 6.54 Å². The minimum atomic E-state index is -0.166. The normalized spacial score (nSPS) is 10.2. The molecule has 2 rings (SSSR count). The highest BCUT2D eigenvalue weighted by Gasteiger charge is 2.07. The summed E-state index contributed by atoms with van der Waals surface area (Å²) >= 11 is 0. The first-order valence-corrected chi connectivity index (χ1v) is 6.48. The van der Waals surface area contributed by atoms with Crippen LogP contribution in [0.25, 0.3) is 11.3 Å². The average Bonchev–Trinajstić information content (AvgIpc) is 2.48. The lowest BCUT2D eigenvalue weighted by Gasteiger charge is -2.04. The van der Waals surface area contributed by atoms with Gasteiger partial charge in [0.15, 0.2) is 5.69 Å². The molecular weight excluding hydrogens is 238 g/mol. The third kappa shape index (κ3) is 3.61. The Balaban J connectivity index is 2.04. The first-order chi connectivity index (χ1) is 9.31. The van der Waals surface area contributed by atoms with Gasteiger partial charge in [-0.25, -0.2) is 0 Å². The lowest BCUT2D eigenvalue weighted by Crippen LogP contribution is -2.25. The van der Waals surface area contributed by atoms with Crippen molar-refractivity contribution in [3.05, 3.63) is 48.2 Å². The summed E-state index contributed by atoms with van der Waals surface area (Å²) in [5.74, 6) is -0.166. The van der Waals surface area contributed by atoms with Crippen LogP contribution in [0.1, 0.15) is 30.3 Å². The summed E-state index contributed by atoms with van der Waals surface area (Å²) < 4.78 is 0. The van der Waals surface area contributed by atoms with Gasteiger partial charge in [0.05, 0.1) is 5.69 Å². The number of benzene rings is 1. The minimum Gasteiger partial charge on any atom is -0.351 e. The van der Waals surface area contributed by atoms with Gasteiger partial charge in [-0.2, -0.15) is 0 Å². The van der Waals surface area contributed by atoms with E-state index in [0.29, 0.717) is 12.2 Å². The van der Waals surface area contributed by atoms with Crippen molar-refractivity contribution in [2.45, 2.75) is 19.8 Å². The molecule has 0 saturated heterocycles. The van der Waals surface area contributed by atoms with Gasteiger partial charge in [-0.15, -0.1) is 10.2 Å². The summed E-state index contributed by atoms with van der Waals surface area (Å²) in [6, 6.07) is 13.3. The van der Waals surface area contributed by atoms with Crippen molar-refractivity contribution in [3.63, 3.8) is 0 Å². The minimum absolute atomic E-state index is 0.166. The molecule has 1 aromatic heterocycles. The smallest absolute Gasteiger partial charge is 0.271 e. The number of hydrogen-bond acceptors (Lipinski definition) is 3.